The largest absolute Gasteiger partial charge is 0.471 e. The van der Waals surface area contributed by atoms with Crippen molar-refractivity contribution in [2.75, 3.05) is 13.7 Å². The summed E-state index contributed by atoms with van der Waals surface area (Å²) in [7, 11) is 1.17. The van der Waals surface area contributed by atoms with Gasteiger partial charge in [-0.3, -0.25) is 24.0 Å². The van der Waals surface area contributed by atoms with Crippen LogP contribution in [0.2, 0.25) is 0 Å². The average molecular weight is 719 g/mol. The number of methoxy groups -OCH3 is 1. The van der Waals surface area contributed by atoms with Gasteiger partial charge in [-0.2, -0.15) is 0 Å². The summed E-state index contributed by atoms with van der Waals surface area (Å²) >= 11 is 0. The maximum absolute atomic E-state index is 12.8. The van der Waals surface area contributed by atoms with Crippen molar-refractivity contribution in [1.29, 1.82) is 0 Å². The second-order valence-electron chi connectivity index (χ2n) is 11.7. The van der Waals surface area contributed by atoms with Gasteiger partial charge in [-0.05, 0) is 30.7 Å². The molecule has 17 nitrogen and oxygen atoms in total. The van der Waals surface area contributed by atoms with Crippen LogP contribution in [0.5, 0.6) is 5.75 Å². The quantitative estimate of drug-likeness (QED) is 0.138. The number of benzene rings is 1. The van der Waals surface area contributed by atoms with E-state index in [1.165, 1.54) is 32.2 Å². The molecule has 0 aromatic heterocycles. The fraction of sp³-hybridized carbons (Fsp3) is 0.500. The Hall–Kier alpha value is -5.29. The van der Waals surface area contributed by atoms with Crippen LogP contribution < -0.4 is 4.74 Å². The van der Waals surface area contributed by atoms with Crippen molar-refractivity contribution < 1.29 is 80.9 Å². The van der Waals surface area contributed by atoms with E-state index in [0.717, 1.165) is 33.1 Å². The maximum Gasteiger partial charge on any atom is 0.337 e. The Labute approximate surface area is 292 Å². The summed E-state index contributed by atoms with van der Waals surface area (Å²) in [5.41, 5.74) is 0.637. The number of esters is 7. The van der Waals surface area contributed by atoms with Gasteiger partial charge in [0, 0.05) is 39.7 Å². The third-order valence-electron chi connectivity index (χ3n) is 7.88. The minimum atomic E-state index is -1.62. The average Bonchev–Trinajstić information content (AvgIpc) is 3.04. The highest BCUT2D eigenvalue weighted by Gasteiger charge is 2.56. The van der Waals surface area contributed by atoms with E-state index in [-0.39, 0.29) is 12.0 Å². The molecule has 276 valence electrons. The number of carbonyl (C=O) groups excluding carboxylic acids is 7. The van der Waals surface area contributed by atoms with Crippen LogP contribution >= 0.6 is 0 Å². The molecule has 0 saturated carbocycles. The van der Waals surface area contributed by atoms with Gasteiger partial charge in [-0.1, -0.05) is 12.1 Å². The third kappa shape index (κ3) is 10.1. The molecule has 2 unspecified atom stereocenters. The normalized spacial score (nSPS) is 28.5. The highest BCUT2D eigenvalue weighted by Crippen LogP contribution is 2.42. The molecule has 2 saturated heterocycles. The summed E-state index contributed by atoms with van der Waals surface area (Å²) in [6.45, 7) is 5.50. The van der Waals surface area contributed by atoms with Crippen molar-refractivity contribution in [2.45, 2.75) is 84.1 Å². The molecule has 0 bridgehead atoms. The van der Waals surface area contributed by atoms with Crippen LogP contribution in [-0.4, -0.2) is 98.6 Å². The monoisotopic (exact) mass is 718 g/mol. The van der Waals surface area contributed by atoms with Crippen LogP contribution in [0.25, 0.3) is 6.08 Å². The first-order chi connectivity index (χ1) is 24.2. The van der Waals surface area contributed by atoms with E-state index in [1.807, 2.05) is 0 Å². The number of fused-ring (bicyclic) bond motifs is 1. The topological polar surface area (TPSA) is 212 Å². The first-order valence-electron chi connectivity index (χ1n) is 15.8. The summed E-state index contributed by atoms with van der Waals surface area (Å²) in [6, 6.07) is 6.25. The lowest BCUT2D eigenvalue weighted by atomic mass is 9.77. The minimum Gasteiger partial charge on any atom is -0.471 e. The zero-order chi connectivity index (χ0) is 37.4. The zero-order valence-corrected chi connectivity index (χ0v) is 28.6. The fourth-order valence-corrected chi connectivity index (χ4v) is 5.88. The van der Waals surface area contributed by atoms with Gasteiger partial charge in [0.15, 0.2) is 18.3 Å². The summed E-state index contributed by atoms with van der Waals surface area (Å²) in [5, 5.41) is 0. The second kappa shape index (κ2) is 17.1. The van der Waals surface area contributed by atoms with Gasteiger partial charge in [-0.25, -0.2) is 9.59 Å². The Bertz CT molecular complexity index is 1560. The Balaban J connectivity index is 1.61. The van der Waals surface area contributed by atoms with Gasteiger partial charge in [0.2, 0.25) is 12.6 Å². The lowest BCUT2D eigenvalue weighted by Crippen LogP contribution is -2.64. The summed E-state index contributed by atoms with van der Waals surface area (Å²) in [5.74, 6) is -6.40. The Morgan fingerprint density at radius 3 is 2.08 bits per heavy atom. The number of carbonyl (C=O) groups is 7. The van der Waals surface area contributed by atoms with Gasteiger partial charge >= 0.3 is 41.8 Å². The van der Waals surface area contributed by atoms with Gasteiger partial charge in [0.05, 0.1) is 31.3 Å². The molecular weight excluding hydrogens is 680 g/mol. The molecule has 0 radical (unpaired) electrons. The van der Waals surface area contributed by atoms with E-state index in [2.05, 4.69) is 0 Å². The predicted molar refractivity (Wildman–Crippen MR) is 166 cm³/mol. The molecule has 1 aromatic carbocycles. The Kier molecular flexibility index (Phi) is 12.9. The fourth-order valence-electron chi connectivity index (χ4n) is 5.88. The number of cyclic esters (lactones) is 1. The van der Waals surface area contributed by atoms with Crippen molar-refractivity contribution in [1.82, 2.24) is 0 Å². The van der Waals surface area contributed by atoms with Gasteiger partial charge in [-0.15, -0.1) is 0 Å². The van der Waals surface area contributed by atoms with Crippen LogP contribution in [0.4, 0.5) is 0 Å². The van der Waals surface area contributed by atoms with Crippen LogP contribution in [-0.2, 0) is 76.2 Å². The van der Waals surface area contributed by atoms with E-state index < -0.39 is 103 Å². The standard InChI is InChI=1S/C34H38O17/c1-16-28-23(13-27(40)45-16)24(32(41)42-6)14-44-33(28)51-34-31(49-20(5)38)30(48-19(4)37)29(47-18(3)36)25(50-34)15-43-26(39)12-9-21-7-10-22(11-8-21)46-17(2)35/h7-12,14,16,23,25,28-31,33-34H,13,15H2,1-6H3/b12-9-/t16-,23?,25-,28?,29+,30+,31-,33+,34+/m1/s1. The molecule has 4 rings (SSSR count). The van der Waals surface area contributed by atoms with E-state index >= 15 is 0 Å². The van der Waals surface area contributed by atoms with Crippen LogP contribution in [0.1, 0.15) is 46.6 Å². The number of ether oxygens (including phenoxy) is 10. The molecule has 17 heteroatoms. The number of hydrogen-bond donors (Lipinski definition) is 0. The minimum absolute atomic E-state index is 0.0674. The van der Waals surface area contributed by atoms with E-state index in [4.69, 9.17) is 47.4 Å². The Morgan fingerprint density at radius 1 is 0.843 bits per heavy atom. The second-order valence-corrected chi connectivity index (χ2v) is 11.7. The van der Waals surface area contributed by atoms with Crippen LogP contribution in [0, 0.1) is 11.8 Å². The molecule has 1 aromatic rings. The van der Waals surface area contributed by atoms with Crippen molar-refractivity contribution >= 4 is 47.9 Å². The molecule has 2 fully saturated rings. The third-order valence-corrected chi connectivity index (χ3v) is 7.88. The van der Waals surface area contributed by atoms with Gasteiger partial charge in [0.25, 0.3) is 0 Å². The lowest BCUT2D eigenvalue weighted by molar-refractivity contribution is -0.348. The molecule has 0 aliphatic carbocycles. The van der Waals surface area contributed by atoms with Crippen molar-refractivity contribution in [3.05, 3.63) is 47.7 Å². The molecule has 0 amide bonds. The molecule has 3 aliphatic heterocycles. The highest BCUT2D eigenvalue weighted by atomic mass is 16.8. The van der Waals surface area contributed by atoms with Crippen molar-refractivity contribution in [3.8, 4) is 5.75 Å². The lowest BCUT2D eigenvalue weighted by Gasteiger charge is -2.47. The first kappa shape index (κ1) is 38.5. The molecule has 0 N–H and O–H groups in total. The highest BCUT2D eigenvalue weighted by molar-refractivity contribution is 5.90. The SMILES string of the molecule is COC(=O)C1=CO[C@@H](O[C@@H]2O[C@H](COC(=O)/C=C\c3ccc(OC(C)=O)cc3)[C@H](OC(C)=O)[C@H](OC(C)=O)[C@H]2OC(C)=O)C2C1CC(=O)O[C@@H]2C. The zero-order valence-electron chi connectivity index (χ0n) is 28.6. The molecule has 3 aliphatic rings. The number of rotatable bonds is 11. The van der Waals surface area contributed by atoms with E-state index in [0.29, 0.717) is 11.3 Å². The van der Waals surface area contributed by atoms with Gasteiger partial charge in [0.1, 0.15) is 24.6 Å². The summed E-state index contributed by atoms with van der Waals surface area (Å²) < 4.78 is 55.2. The molecule has 3 heterocycles. The first-order valence-corrected chi connectivity index (χ1v) is 15.8. The molecule has 0 spiro atoms. The predicted octanol–water partition coefficient (Wildman–Crippen LogP) is 1.69. The molecule has 51 heavy (non-hydrogen) atoms. The number of hydrogen-bond acceptors (Lipinski definition) is 17. The molecular formula is C34H38O17. The van der Waals surface area contributed by atoms with E-state index in [9.17, 15) is 33.6 Å². The molecule has 9 atom stereocenters. The van der Waals surface area contributed by atoms with Crippen LogP contribution in [0.15, 0.2) is 42.2 Å². The maximum atomic E-state index is 12.8. The van der Waals surface area contributed by atoms with Gasteiger partial charge < -0.3 is 47.4 Å². The van der Waals surface area contributed by atoms with Crippen LogP contribution in [0.3, 0.4) is 0 Å². The van der Waals surface area contributed by atoms with Crippen molar-refractivity contribution in [2.24, 2.45) is 11.8 Å². The smallest absolute Gasteiger partial charge is 0.337 e. The van der Waals surface area contributed by atoms with Crippen molar-refractivity contribution in [3.63, 3.8) is 0 Å². The summed E-state index contributed by atoms with van der Waals surface area (Å²) in [6.07, 6.45) is -6.27. The van der Waals surface area contributed by atoms with E-state index in [1.54, 1.807) is 19.1 Å². The Morgan fingerprint density at radius 2 is 1.47 bits per heavy atom. The summed E-state index contributed by atoms with van der Waals surface area (Å²) in [4.78, 5) is 85.6.